The second-order valence-corrected chi connectivity index (χ2v) is 6.76. The van der Waals surface area contributed by atoms with Gasteiger partial charge < -0.3 is 19.7 Å². The maximum absolute atomic E-state index is 5.47. The number of anilines is 1. The van der Waals surface area contributed by atoms with E-state index in [9.17, 15) is 0 Å². The maximum Gasteiger partial charge on any atom is 0.162 e. The summed E-state index contributed by atoms with van der Waals surface area (Å²) in [5.74, 6) is 1.48. The number of aromatic nitrogens is 1. The average molecular weight is 327 g/mol. The highest BCUT2D eigenvalue weighted by molar-refractivity contribution is 5.94. The Kier molecular flexibility index (Phi) is 4.19. The summed E-state index contributed by atoms with van der Waals surface area (Å²) in [5, 5.41) is 4.89. The molecule has 1 aromatic heterocycles. The van der Waals surface area contributed by atoms with Gasteiger partial charge in [-0.25, -0.2) is 0 Å². The highest BCUT2D eigenvalue weighted by Crippen LogP contribution is 2.36. The minimum absolute atomic E-state index is 0.677. The number of nitrogens with one attached hydrogen (secondary N) is 1. The van der Waals surface area contributed by atoms with Crippen LogP contribution in [0.3, 0.4) is 0 Å². The van der Waals surface area contributed by atoms with E-state index in [1.54, 1.807) is 14.2 Å². The molecule has 24 heavy (non-hydrogen) atoms. The Bertz CT molecular complexity index is 722. The molecule has 5 heteroatoms. The summed E-state index contributed by atoms with van der Waals surface area (Å²) in [6.07, 6.45) is 7.01. The number of nitrogens with zero attached hydrogens (tertiary/aromatic N) is 2. The lowest BCUT2D eigenvalue weighted by atomic mass is 10.0. The van der Waals surface area contributed by atoms with E-state index in [0.717, 1.165) is 41.5 Å². The number of ether oxygens (including phenoxy) is 2. The van der Waals surface area contributed by atoms with Crippen molar-refractivity contribution in [1.82, 2.24) is 10.3 Å². The van der Waals surface area contributed by atoms with Crippen LogP contribution in [0.25, 0.3) is 10.9 Å². The van der Waals surface area contributed by atoms with Gasteiger partial charge in [0.05, 0.1) is 19.7 Å². The summed E-state index contributed by atoms with van der Waals surface area (Å²) in [6, 6.07) is 7.59. The topological polar surface area (TPSA) is 46.6 Å². The molecular weight excluding hydrogens is 302 g/mol. The third kappa shape index (κ3) is 3.00. The lowest BCUT2D eigenvalue weighted by Crippen LogP contribution is -2.43. The zero-order chi connectivity index (χ0) is 16.5. The Labute approximate surface area is 143 Å². The van der Waals surface area contributed by atoms with E-state index >= 15 is 0 Å². The number of piperidine rings is 1. The molecular formula is C19H25N3O2. The first-order valence-electron chi connectivity index (χ1n) is 8.80. The van der Waals surface area contributed by atoms with Crippen LogP contribution in [0.1, 0.15) is 25.7 Å². The fraction of sp³-hybridized carbons (Fsp3) is 0.526. The minimum atomic E-state index is 0.677. The van der Waals surface area contributed by atoms with Crippen molar-refractivity contribution in [2.75, 3.05) is 32.2 Å². The van der Waals surface area contributed by atoms with E-state index in [1.807, 2.05) is 18.3 Å². The molecule has 1 saturated carbocycles. The predicted molar refractivity (Wildman–Crippen MR) is 96.2 cm³/mol. The van der Waals surface area contributed by atoms with Crippen LogP contribution in [0.5, 0.6) is 11.5 Å². The minimum Gasteiger partial charge on any atom is -0.493 e. The van der Waals surface area contributed by atoms with E-state index in [1.165, 1.54) is 31.4 Å². The van der Waals surface area contributed by atoms with E-state index < -0.39 is 0 Å². The van der Waals surface area contributed by atoms with E-state index in [4.69, 9.17) is 9.47 Å². The van der Waals surface area contributed by atoms with Gasteiger partial charge in [0.25, 0.3) is 0 Å². The number of benzene rings is 1. The van der Waals surface area contributed by atoms with Gasteiger partial charge in [0.1, 0.15) is 0 Å². The summed E-state index contributed by atoms with van der Waals surface area (Å²) in [5.41, 5.74) is 2.19. The number of hydrogen-bond acceptors (Lipinski definition) is 5. The van der Waals surface area contributed by atoms with Crippen molar-refractivity contribution in [2.45, 2.75) is 37.8 Å². The SMILES string of the molecule is COc1cc2nccc(N3CCC(NC4CC4)CC3)c2cc1OC. The molecule has 1 aliphatic heterocycles. The van der Waals surface area contributed by atoms with E-state index in [-0.39, 0.29) is 0 Å². The molecule has 4 rings (SSSR count). The van der Waals surface area contributed by atoms with Gasteiger partial charge in [-0.2, -0.15) is 0 Å². The summed E-state index contributed by atoms with van der Waals surface area (Å²) in [7, 11) is 3.33. The highest BCUT2D eigenvalue weighted by atomic mass is 16.5. The van der Waals surface area contributed by atoms with Gasteiger partial charge in [0, 0.05) is 48.5 Å². The van der Waals surface area contributed by atoms with Crippen LogP contribution in [0.15, 0.2) is 24.4 Å². The maximum atomic E-state index is 5.47. The van der Waals surface area contributed by atoms with Gasteiger partial charge in [-0.3, -0.25) is 4.98 Å². The Morgan fingerprint density at radius 3 is 2.33 bits per heavy atom. The van der Waals surface area contributed by atoms with Crippen molar-refractivity contribution in [2.24, 2.45) is 0 Å². The van der Waals surface area contributed by atoms with Crippen LogP contribution < -0.4 is 19.7 Å². The fourth-order valence-corrected chi connectivity index (χ4v) is 3.60. The molecule has 2 aliphatic rings. The smallest absolute Gasteiger partial charge is 0.162 e. The molecule has 1 aromatic carbocycles. The largest absolute Gasteiger partial charge is 0.493 e. The molecule has 2 fully saturated rings. The lowest BCUT2D eigenvalue weighted by Gasteiger charge is -2.34. The quantitative estimate of drug-likeness (QED) is 0.915. The summed E-state index contributed by atoms with van der Waals surface area (Å²) >= 11 is 0. The van der Waals surface area contributed by atoms with Crippen LogP contribution in [-0.4, -0.2) is 44.4 Å². The molecule has 1 aliphatic carbocycles. The number of pyridine rings is 1. The van der Waals surface area contributed by atoms with Crippen molar-refractivity contribution < 1.29 is 9.47 Å². The Morgan fingerprint density at radius 2 is 1.67 bits per heavy atom. The number of fused-ring (bicyclic) bond motifs is 1. The van der Waals surface area contributed by atoms with Crippen LogP contribution in [0.4, 0.5) is 5.69 Å². The molecule has 1 N–H and O–H groups in total. The van der Waals surface area contributed by atoms with Crippen LogP contribution >= 0.6 is 0 Å². The lowest BCUT2D eigenvalue weighted by molar-refractivity contribution is 0.356. The zero-order valence-corrected chi connectivity index (χ0v) is 14.4. The molecule has 128 valence electrons. The van der Waals surface area contributed by atoms with Gasteiger partial charge in [-0.15, -0.1) is 0 Å². The van der Waals surface area contributed by atoms with Gasteiger partial charge in [-0.1, -0.05) is 0 Å². The van der Waals surface area contributed by atoms with Crippen molar-refractivity contribution >= 4 is 16.6 Å². The highest BCUT2D eigenvalue weighted by Gasteiger charge is 2.27. The summed E-state index contributed by atoms with van der Waals surface area (Å²) in [6.45, 7) is 2.16. The van der Waals surface area contributed by atoms with Crippen LogP contribution in [-0.2, 0) is 0 Å². The zero-order valence-electron chi connectivity index (χ0n) is 14.4. The molecule has 0 atom stereocenters. The van der Waals surface area contributed by atoms with Gasteiger partial charge >= 0.3 is 0 Å². The van der Waals surface area contributed by atoms with Crippen LogP contribution in [0.2, 0.25) is 0 Å². The van der Waals surface area contributed by atoms with Gasteiger partial charge in [0.15, 0.2) is 11.5 Å². The second kappa shape index (κ2) is 6.48. The van der Waals surface area contributed by atoms with E-state index in [2.05, 4.69) is 21.3 Å². The third-order valence-electron chi connectivity index (χ3n) is 5.11. The predicted octanol–water partition coefficient (Wildman–Crippen LogP) is 2.97. The molecule has 0 unspecified atom stereocenters. The van der Waals surface area contributed by atoms with Crippen molar-refractivity contribution in [3.63, 3.8) is 0 Å². The Hall–Kier alpha value is -2.01. The first-order valence-corrected chi connectivity index (χ1v) is 8.80. The first kappa shape index (κ1) is 15.5. The molecule has 0 spiro atoms. The van der Waals surface area contributed by atoms with Gasteiger partial charge in [0.2, 0.25) is 0 Å². The number of rotatable bonds is 5. The van der Waals surface area contributed by atoms with E-state index in [0.29, 0.717) is 6.04 Å². The fourth-order valence-electron chi connectivity index (χ4n) is 3.60. The van der Waals surface area contributed by atoms with Crippen molar-refractivity contribution in [3.8, 4) is 11.5 Å². The molecule has 2 heterocycles. The summed E-state index contributed by atoms with van der Waals surface area (Å²) in [4.78, 5) is 6.98. The standard InChI is InChI=1S/C19H25N3O2/c1-23-18-11-15-16(12-19(18)24-2)20-8-5-17(15)22-9-6-14(7-10-22)21-13-3-4-13/h5,8,11-14,21H,3-4,6-7,9-10H2,1-2H3. The van der Waals surface area contributed by atoms with Crippen molar-refractivity contribution in [1.29, 1.82) is 0 Å². The number of hydrogen-bond donors (Lipinski definition) is 1. The molecule has 0 amide bonds. The van der Waals surface area contributed by atoms with Gasteiger partial charge in [-0.05, 0) is 37.8 Å². The molecule has 2 aromatic rings. The van der Waals surface area contributed by atoms with Crippen LogP contribution in [0, 0.1) is 0 Å². The first-order chi connectivity index (χ1) is 11.8. The Morgan fingerprint density at radius 1 is 1.00 bits per heavy atom. The summed E-state index contributed by atoms with van der Waals surface area (Å²) < 4.78 is 10.9. The average Bonchev–Trinajstić information content (AvgIpc) is 3.44. The second-order valence-electron chi connectivity index (χ2n) is 6.76. The molecule has 5 nitrogen and oxygen atoms in total. The molecule has 1 saturated heterocycles. The van der Waals surface area contributed by atoms with Crippen molar-refractivity contribution in [3.05, 3.63) is 24.4 Å². The molecule has 0 radical (unpaired) electrons. The third-order valence-corrected chi connectivity index (χ3v) is 5.11. The molecule has 0 bridgehead atoms. The Balaban J connectivity index is 1.59. The normalized spacial score (nSPS) is 18.8. The number of methoxy groups -OCH3 is 2. The monoisotopic (exact) mass is 327 g/mol.